The molecule has 0 aliphatic carbocycles. The molecule has 2 fully saturated rings. The first-order valence-corrected chi connectivity index (χ1v) is 21.8. The molecule has 5 aromatic rings. The maximum absolute atomic E-state index is 6.35. The van der Waals surface area contributed by atoms with Crippen molar-refractivity contribution in [1.29, 1.82) is 0 Å². The maximum atomic E-state index is 6.35. The Morgan fingerprint density at radius 3 is 2.50 bits per heavy atom. The average Bonchev–Trinajstić information content (AvgIpc) is 3.61. The third kappa shape index (κ3) is 8.60. The number of halogens is 1. The van der Waals surface area contributed by atoms with Gasteiger partial charge in [0.25, 0.3) is 0 Å². The number of fused-ring (bicyclic) bond motifs is 1. The maximum Gasteiger partial charge on any atom is 0.216 e. The fraction of sp³-hybridized carbons (Fsp3) is 0.486. The Morgan fingerprint density at radius 2 is 1.76 bits per heavy atom. The summed E-state index contributed by atoms with van der Waals surface area (Å²) in [6, 6.07) is 17.2. The van der Waals surface area contributed by atoms with Crippen molar-refractivity contribution in [3.05, 3.63) is 82.8 Å². The van der Waals surface area contributed by atoms with Crippen LogP contribution in [0, 0.1) is 6.92 Å². The van der Waals surface area contributed by atoms with Crippen LogP contribution in [0.1, 0.15) is 42.3 Å². The number of nitrogens with zero attached hydrogens (tertiary/aromatic N) is 8. The van der Waals surface area contributed by atoms with Gasteiger partial charge in [0.1, 0.15) is 30.3 Å². The van der Waals surface area contributed by atoms with Crippen molar-refractivity contribution in [1.82, 2.24) is 39.2 Å². The van der Waals surface area contributed by atoms with Crippen LogP contribution in [0.4, 0.5) is 0 Å². The number of aryl methyl sites for hydroxylation is 1. The van der Waals surface area contributed by atoms with E-state index in [4.69, 9.17) is 35.8 Å². The Bertz CT molecular complexity index is 1900. The van der Waals surface area contributed by atoms with E-state index >= 15 is 0 Å². The Hall–Kier alpha value is -3.68. The summed E-state index contributed by atoms with van der Waals surface area (Å²) in [6.07, 6.45) is 5.65. The molecule has 0 spiro atoms. The molecule has 0 N–H and O–H groups in total. The van der Waals surface area contributed by atoms with Gasteiger partial charge in [-0.15, -0.1) is 10.2 Å². The van der Waals surface area contributed by atoms with Gasteiger partial charge in [-0.1, -0.05) is 43.4 Å². The van der Waals surface area contributed by atoms with Crippen LogP contribution in [0.5, 0.6) is 5.88 Å². The van der Waals surface area contributed by atoms with Gasteiger partial charge in [-0.25, -0.2) is 9.97 Å². The van der Waals surface area contributed by atoms with Crippen molar-refractivity contribution in [2.45, 2.75) is 90.3 Å². The minimum Gasteiger partial charge on any atom is -0.474 e. The van der Waals surface area contributed by atoms with Crippen molar-refractivity contribution in [2.24, 2.45) is 0 Å². The predicted octanol–water partition coefficient (Wildman–Crippen LogP) is 6.78. The second kappa shape index (κ2) is 15.3. The fourth-order valence-corrected chi connectivity index (χ4v) is 7.31. The van der Waals surface area contributed by atoms with E-state index in [2.05, 4.69) is 67.1 Å². The van der Waals surface area contributed by atoms with Crippen LogP contribution in [0.15, 0.2) is 54.7 Å². The van der Waals surface area contributed by atoms with E-state index in [1.54, 1.807) is 6.20 Å². The average molecular weight is 715 g/mol. The van der Waals surface area contributed by atoms with Crippen molar-refractivity contribution < 1.29 is 14.2 Å². The van der Waals surface area contributed by atoms with Gasteiger partial charge in [0.2, 0.25) is 5.88 Å². The Kier molecular flexibility index (Phi) is 10.6. The molecule has 0 saturated carbocycles. The highest BCUT2D eigenvalue weighted by molar-refractivity contribution is 6.76. The first-order valence-electron chi connectivity index (χ1n) is 17.7. The normalized spacial score (nSPS) is 17.3. The van der Waals surface area contributed by atoms with Crippen molar-refractivity contribution in [2.75, 3.05) is 26.3 Å². The van der Waals surface area contributed by atoms with E-state index in [1.165, 1.54) is 0 Å². The zero-order chi connectivity index (χ0) is 34.7. The summed E-state index contributed by atoms with van der Waals surface area (Å²) in [7, 11) is -1.17. The number of benzene rings is 2. The first kappa shape index (κ1) is 34.8. The van der Waals surface area contributed by atoms with Gasteiger partial charge in [0.15, 0.2) is 5.82 Å². The topological polar surface area (TPSA) is 105 Å². The summed E-state index contributed by atoms with van der Waals surface area (Å²) in [5.41, 5.74) is 4.18. The number of rotatable bonds is 14. The highest BCUT2D eigenvalue weighted by Crippen LogP contribution is 2.28. The highest BCUT2D eigenvalue weighted by atomic mass is 35.5. The fourth-order valence-electron chi connectivity index (χ4n) is 6.43. The molecule has 2 aromatic carbocycles. The molecule has 13 heteroatoms. The zero-order valence-corrected chi connectivity index (χ0v) is 31.3. The number of likely N-dealkylation sites (tertiary alicyclic amines) is 1. The second-order valence-electron chi connectivity index (χ2n) is 14.7. The molecule has 2 saturated heterocycles. The van der Waals surface area contributed by atoms with Crippen LogP contribution in [-0.2, 0) is 35.7 Å². The molecule has 50 heavy (non-hydrogen) atoms. The van der Waals surface area contributed by atoms with Crippen LogP contribution in [-0.4, -0.2) is 85.8 Å². The van der Waals surface area contributed by atoms with Crippen LogP contribution in [0.25, 0.3) is 22.4 Å². The minimum atomic E-state index is -1.17. The molecule has 0 radical (unpaired) electrons. The Labute approximate surface area is 300 Å². The first-order chi connectivity index (χ1) is 24.2. The molecule has 0 bridgehead atoms. The number of aromatic nitrogens is 7. The molecule has 1 atom stereocenters. The van der Waals surface area contributed by atoms with Crippen LogP contribution >= 0.6 is 11.6 Å². The summed E-state index contributed by atoms with van der Waals surface area (Å²) in [5.74, 6) is 4.07. The van der Waals surface area contributed by atoms with E-state index < -0.39 is 8.07 Å². The summed E-state index contributed by atoms with van der Waals surface area (Å²) >= 11 is 6.04. The summed E-state index contributed by atoms with van der Waals surface area (Å²) < 4.78 is 22.7. The molecule has 7 rings (SSSR count). The van der Waals surface area contributed by atoms with Gasteiger partial charge in [0, 0.05) is 63.6 Å². The van der Waals surface area contributed by atoms with Crippen molar-refractivity contribution >= 4 is 30.7 Å². The molecule has 11 nitrogen and oxygen atoms in total. The summed E-state index contributed by atoms with van der Waals surface area (Å²) in [4.78, 5) is 16.8. The molecule has 1 unspecified atom stereocenters. The minimum absolute atomic E-state index is 0.106. The lowest BCUT2D eigenvalue weighted by Gasteiger charge is -2.32. The largest absolute Gasteiger partial charge is 0.474 e. The summed E-state index contributed by atoms with van der Waals surface area (Å²) in [6.45, 7) is 14.5. The number of hydrogen-bond acceptors (Lipinski definition) is 9. The molecule has 2 aliphatic rings. The second-order valence-corrected chi connectivity index (χ2v) is 20.7. The number of hydrogen-bond donors (Lipinski definition) is 0. The molecular formula is C37H47ClN8O3Si. The van der Waals surface area contributed by atoms with E-state index in [0.29, 0.717) is 19.0 Å². The van der Waals surface area contributed by atoms with Gasteiger partial charge < -0.3 is 18.8 Å². The van der Waals surface area contributed by atoms with Crippen LogP contribution < -0.4 is 4.74 Å². The predicted molar refractivity (Wildman–Crippen MR) is 197 cm³/mol. The van der Waals surface area contributed by atoms with Crippen molar-refractivity contribution in [3.8, 4) is 17.3 Å². The lowest BCUT2D eigenvalue weighted by molar-refractivity contribution is -0.0592. The number of ether oxygens (including phenoxy) is 3. The molecule has 0 amide bonds. The zero-order valence-electron chi connectivity index (χ0n) is 29.5. The number of imidazole rings is 1. The van der Waals surface area contributed by atoms with Crippen LogP contribution in [0.2, 0.25) is 30.7 Å². The number of piperidine rings is 1. The Balaban J connectivity index is 1.01. The summed E-state index contributed by atoms with van der Waals surface area (Å²) in [5, 5.41) is 9.64. The molecule has 264 valence electrons. The molecular weight excluding hydrogens is 668 g/mol. The van der Waals surface area contributed by atoms with Gasteiger partial charge in [-0.3, -0.25) is 9.47 Å². The van der Waals surface area contributed by atoms with E-state index in [1.807, 2.05) is 37.3 Å². The Morgan fingerprint density at radius 1 is 0.960 bits per heavy atom. The van der Waals surface area contributed by atoms with Gasteiger partial charge in [-0.2, -0.15) is 4.98 Å². The van der Waals surface area contributed by atoms with E-state index in [9.17, 15) is 0 Å². The van der Waals surface area contributed by atoms with Gasteiger partial charge in [-0.05, 0) is 68.1 Å². The SMILES string of the molecule is Cc1nnc(-c2ccc3c(c2)nc(CN2CCC(Oc4ccnc(Cc5ccc(Cl)cc5)n4)CC2)n3CC2CCO2)n1COCC[Si](C)(C)C. The third-order valence-electron chi connectivity index (χ3n) is 9.56. The standard InChI is InChI=1S/C37H47ClN8O3Si/c1-26-42-43-37(46(26)25-47-19-20-50(2,3)4)28-7-10-33-32(22-28)40-35(45(33)23-31-14-18-48-31)24-44-16-12-30(13-17-44)49-36-11-15-39-34(41-36)21-27-5-8-29(38)9-6-27/h5-11,15,22,30-31H,12-14,16-21,23-25H2,1-4H3. The lowest BCUT2D eigenvalue weighted by Crippen LogP contribution is -2.39. The van der Waals surface area contributed by atoms with Crippen LogP contribution in [0.3, 0.4) is 0 Å². The molecule has 2 aliphatic heterocycles. The highest BCUT2D eigenvalue weighted by Gasteiger charge is 2.26. The van der Waals surface area contributed by atoms with E-state index in [0.717, 1.165) is 115 Å². The smallest absolute Gasteiger partial charge is 0.216 e. The van der Waals surface area contributed by atoms with Crippen molar-refractivity contribution in [3.63, 3.8) is 0 Å². The monoisotopic (exact) mass is 714 g/mol. The third-order valence-corrected chi connectivity index (χ3v) is 11.5. The van der Waals surface area contributed by atoms with Gasteiger partial charge >= 0.3 is 0 Å². The quantitative estimate of drug-likeness (QED) is 0.0909. The molecule has 3 aromatic heterocycles. The lowest BCUT2D eigenvalue weighted by atomic mass is 10.1. The van der Waals surface area contributed by atoms with E-state index in [-0.39, 0.29) is 12.2 Å². The molecule has 5 heterocycles. The van der Waals surface area contributed by atoms with Gasteiger partial charge in [0.05, 0.1) is 30.2 Å².